The molecule has 0 bridgehead atoms. The van der Waals surface area contributed by atoms with Gasteiger partial charge >= 0.3 is 11.8 Å². The first-order valence-corrected chi connectivity index (χ1v) is 9.90. The van der Waals surface area contributed by atoms with E-state index in [0.717, 1.165) is 13.1 Å². The van der Waals surface area contributed by atoms with Gasteiger partial charge in [0.15, 0.2) is 11.5 Å². The van der Waals surface area contributed by atoms with E-state index in [1.54, 1.807) is 29.5 Å². The van der Waals surface area contributed by atoms with Crippen molar-refractivity contribution < 1.29 is 19.1 Å². The molecule has 0 radical (unpaired) electrons. The van der Waals surface area contributed by atoms with Crippen LogP contribution in [0, 0.1) is 0 Å². The fourth-order valence-electron chi connectivity index (χ4n) is 3.41. The molecule has 2 amide bonds. The predicted molar refractivity (Wildman–Crippen MR) is 102 cm³/mol. The highest BCUT2D eigenvalue weighted by molar-refractivity contribution is 7.08. The van der Waals surface area contributed by atoms with Crippen LogP contribution in [0.2, 0.25) is 0 Å². The highest BCUT2D eigenvalue weighted by Gasteiger charge is 2.25. The largest absolute Gasteiger partial charge is 0.454 e. The predicted octanol–water partition coefficient (Wildman–Crippen LogP) is 2.37. The summed E-state index contributed by atoms with van der Waals surface area (Å²) in [5.41, 5.74) is 1.67. The second-order valence-electron chi connectivity index (χ2n) is 6.55. The summed E-state index contributed by atoms with van der Waals surface area (Å²) >= 11 is 1.64. The molecule has 2 aliphatic rings. The molecule has 1 saturated heterocycles. The van der Waals surface area contributed by atoms with Gasteiger partial charge in [0.2, 0.25) is 6.79 Å². The Morgan fingerprint density at radius 1 is 1.11 bits per heavy atom. The van der Waals surface area contributed by atoms with Gasteiger partial charge in [0.25, 0.3) is 0 Å². The summed E-state index contributed by atoms with van der Waals surface area (Å²) in [6.45, 7) is 2.59. The van der Waals surface area contributed by atoms with Gasteiger partial charge in [-0.1, -0.05) is 0 Å². The lowest BCUT2D eigenvalue weighted by molar-refractivity contribution is -0.136. The number of nitrogens with zero attached hydrogens (tertiary/aromatic N) is 1. The number of rotatable bonds is 5. The molecule has 7 nitrogen and oxygen atoms in total. The summed E-state index contributed by atoms with van der Waals surface area (Å²) in [5.74, 6) is -0.159. The minimum absolute atomic E-state index is 0.0982. The van der Waals surface area contributed by atoms with E-state index in [2.05, 4.69) is 27.0 Å². The van der Waals surface area contributed by atoms with Crippen LogP contribution in [0.1, 0.15) is 24.4 Å². The van der Waals surface area contributed by atoms with Crippen LogP contribution in [0.25, 0.3) is 0 Å². The van der Waals surface area contributed by atoms with Crippen LogP contribution in [0.5, 0.6) is 11.5 Å². The minimum Gasteiger partial charge on any atom is -0.454 e. The second-order valence-corrected chi connectivity index (χ2v) is 7.33. The molecular formula is C19H21N3O4S. The standard InChI is InChI=1S/C19H21N3O4S/c23-18(19(24)21-14-3-4-16-17(9-14)26-12-25-16)20-10-15(13-5-8-27-11-13)22-6-1-2-7-22/h3-5,8-9,11,15H,1-2,6-7,10,12H2,(H,20,23)(H,21,24). The Balaban J connectivity index is 1.35. The molecule has 1 aromatic heterocycles. The van der Waals surface area contributed by atoms with Gasteiger partial charge in [-0.3, -0.25) is 14.5 Å². The maximum atomic E-state index is 12.3. The zero-order valence-corrected chi connectivity index (χ0v) is 15.6. The molecule has 3 heterocycles. The van der Waals surface area contributed by atoms with Gasteiger partial charge in [-0.05, 0) is 60.5 Å². The number of fused-ring (bicyclic) bond motifs is 1. The SMILES string of the molecule is O=C(NCC(c1ccsc1)N1CCCC1)C(=O)Nc1ccc2c(c1)OCO2. The lowest BCUT2D eigenvalue weighted by Gasteiger charge is -2.27. The summed E-state index contributed by atoms with van der Waals surface area (Å²) in [7, 11) is 0. The van der Waals surface area contributed by atoms with Crippen LogP contribution in [-0.2, 0) is 9.59 Å². The molecule has 142 valence electrons. The van der Waals surface area contributed by atoms with Crippen molar-refractivity contribution in [1.29, 1.82) is 0 Å². The zero-order valence-electron chi connectivity index (χ0n) is 14.8. The average Bonchev–Trinajstić information content (AvgIpc) is 3.43. The second kappa shape index (κ2) is 7.98. The van der Waals surface area contributed by atoms with Gasteiger partial charge in [0.1, 0.15) is 0 Å². The number of hydrogen-bond donors (Lipinski definition) is 2. The third-order valence-corrected chi connectivity index (χ3v) is 5.50. The Bertz CT molecular complexity index is 818. The fourth-order valence-corrected chi connectivity index (χ4v) is 4.11. The molecule has 1 unspecified atom stereocenters. The Morgan fingerprint density at radius 2 is 1.93 bits per heavy atom. The molecule has 0 aliphatic carbocycles. The molecule has 0 spiro atoms. The molecule has 27 heavy (non-hydrogen) atoms. The number of hydrogen-bond acceptors (Lipinski definition) is 6. The van der Waals surface area contributed by atoms with Crippen molar-refractivity contribution in [2.24, 2.45) is 0 Å². The Labute approximate surface area is 161 Å². The van der Waals surface area contributed by atoms with Crippen LogP contribution < -0.4 is 20.1 Å². The van der Waals surface area contributed by atoms with Crippen molar-refractivity contribution in [3.05, 3.63) is 40.6 Å². The molecule has 2 N–H and O–H groups in total. The summed E-state index contributed by atoms with van der Waals surface area (Å²) in [5, 5.41) is 9.51. The highest BCUT2D eigenvalue weighted by atomic mass is 32.1. The maximum absolute atomic E-state index is 12.3. The van der Waals surface area contributed by atoms with E-state index in [1.165, 1.54) is 18.4 Å². The first kappa shape index (κ1) is 17.8. The van der Waals surface area contributed by atoms with E-state index in [9.17, 15) is 9.59 Å². The highest BCUT2D eigenvalue weighted by Crippen LogP contribution is 2.34. The molecule has 4 rings (SSSR count). The van der Waals surface area contributed by atoms with Gasteiger partial charge < -0.3 is 20.1 Å². The van der Waals surface area contributed by atoms with Crippen LogP contribution in [0.15, 0.2) is 35.0 Å². The number of carbonyl (C=O) groups excluding carboxylic acids is 2. The van der Waals surface area contributed by atoms with E-state index in [0.29, 0.717) is 23.7 Å². The first-order chi connectivity index (χ1) is 13.2. The third-order valence-electron chi connectivity index (χ3n) is 4.80. The number of likely N-dealkylation sites (tertiary alicyclic amines) is 1. The van der Waals surface area contributed by atoms with Crippen molar-refractivity contribution in [2.45, 2.75) is 18.9 Å². The summed E-state index contributed by atoms with van der Waals surface area (Å²) in [6.07, 6.45) is 2.33. The molecule has 0 saturated carbocycles. The summed E-state index contributed by atoms with van der Waals surface area (Å²) in [4.78, 5) is 26.9. The number of carbonyl (C=O) groups is 2. The molecule has 2 aliphatic heterocycles. The number of amides is 2. The van der Waals surface area contributed by atoms with Crippen LogP contribution >= 0.6 is 11.3 Å². The van der Waals surface area contributed by atoms with E-state index in [1.807, 2.05) is 5.38 Å². The van der Waals surface area contributed by atoms with Crippen LogP contribution in [0.4, 0.5) is 5.69 Å². The van der Waals surface area contributed by atoms with Gasteiger partial charge in [-0.25, -0.2) is 0 Å². The molecule has 1 fully saturated rings. The van der Waals surface area contributed by atoms with E-state index in [4.69, 9.17) is 9.47 Å². The van der Waals surface area contributed by atoms with Crippen LogP contribution in [-0.4, -0.2) is 43.1 Å². The van der Waals surface area contributed by atoms with E-state index in [-0.39, 0.29) is 12.8 Å². The molecule has 1 aromatic carbocycles. The third kappa shape index (κ3) is 4.06. The van der Waals surface area contributed by atoms with Crippen molar-refractivity contribution in [1.82, 2.24) is 10.2 Å². The Morgan fingerprint density at radius 3 is 2.70 bits per heavy atom. The molecule has 1 atom stereocenters. The van der Waals surface area contributed by atoms with Gasteiger partial charge in [0, 0.05) is 18.3 Å². The van der Waals surface area contributed by atoms with Crippen molar-refractivity contribution in [3.63, 3.8) is 0 Å². The Hall–Kier alpha value is -2.58. The monoisotopic (exact) mass is 387 g/mol. The van der Waals surface area contributed by atoms with Gasteiger partial charge in [0.05, 0.1) is 6.04 Å². The summed E-state index contributed by atoms with van der Waals surface area (Å²) in [6, 6.07) is 7.20. The number of benzene rings is 1. The number of nitrogens with one attached hydrogen (secondary N) is 2. The molecular weight excluding hydrogens is 366 g/mol. The van der Waals surface area contributed by atoms with Crippen LogP contribution in [0.3, 0.4) is 0 Å². The van der Waals surface area contributed by atoms with E-state index >= 15 is 0 Å². The maximum Gasteiger partial charge on any atom is 0.313 e. The zero-order chi connectivity index (χ0) is 18.6. The normalized spacial score (nSPS) is 16.9. The summed E-state index contributed by atoms with van der Waals surface area (Å²) < 4.78 is 10.5. The molecule has 2 aromatic rings. The fraction of sp³-hybridized carbons (Fsp3) is 0.368. The van der Waals surface area contributed by atoms with Crippen molar-refractivity contribution in [2.75, 3.05) is 31.7 Å². The number of ether oxygens (including phenoxy) is 2. The Kier molecular flexibility index (Phi) is 5.26. The lowest BCUT2D eigenvalue weighted by Crippen LogP contribution is -2.41. The number of anilines is 1. The van der Waals surface area contributed by atoms with E-state index < -0.39 is 11.8 Å². The average molecular weight is 387 g/mol. The van der Waals surface area contributed by atoms with Gasteiger partial charge in [-0.15, -0.1) is 0 Å². The van der Waals surface area contributed by atoms with Crippen molar-refractivity contribution >= 4 is 28.8 Å². The number of thiophene rings is 1. The molecule has 8 heteroatoms. The topological polar surface area (TPSA) is 79.9 Å². The lowest BCUT2D eigenvalue weighted by atomic mass is 10.1. The van der Waals surface area contributed by atoms with Gasteiger partial charge in [-0.2, -0.15) is 11.3 Å². The van der Waals surface area contributed by atoms with Crippen molar-refractivity contribution in [3.8, 4) is 11.5 Å². The smallest absolute Gasteiger partial charge is 0.313 e. The quantitative estimate of drug-likeness (QED) is 0.770. The first-order valence-electron chi connectivity index (χ1n) is 8.96. The minimum atomic E-state index is -0.695.